The number of rotatable bonds is 4. The van der Waals surface area contributed by atoms with E-state index in [2.05, 4.69) is 14.9 Å². The molecule has 3 heterocycles. The van der Waals surface area contributed by atoms with E-state index in [1.54, 1.807) is 11.8 Å². The number of carbonyl (C=O) groups is 1. The number of hydrogen-bond donors (Lipinski definition) is 0. The summed E-state index contributed by atoms with van der Waals surface area (Å²) in [4.78, 5) is 25.7. The minimum Gasteiger partial charge on any atom is -0.481 e. The summed E-state index contributed by atoms with van der Waals surface area (Å²) in [5.74, 6) is 0.780. The molecule has 0 N–H and O–H groups in total. The molecule has 2 aliphatic rings. The van der Waals surface area contributed by atoms with Crippen molar-refractivity contribution >= 4 is 11.9 Å². The second-order valence-corrected chi connectivity index (χ2v) is 6.97. The third kappa shape index (κ3) is 4.06. The summed E-state index contributed by atoms with van der Waals surface area (Å²) in [6.07, 6.45) is 2.02. The summed E-state index contributed by atoms with van der Waals surface area (Å²) < 4.78 is 24.1. The number of piperazine rings is 1. The number of fused-ring (bicyclic) bond motifs is 1. The Balaban J connectivity index is 1.33. The van der Waals surface area contributed by atoms with Crippen molar-refractivity contribution < 1.29 is 18.7 Å². The second kappa shape index (κ2) is 8.10. The van der Waals surface area contributed by atoms with Crippen LogP contribution in [0.1, 0.15) is 18.2 Å². The molecule has 1 fully saturated rings. The Morgan fingerprint density at radius 2 is 1.96 bits per heavy atom. The van der Waals surface area contributed by atoms with Gasteiger partial charge in [-0.25, -0.2) is 14.4 Å². The van der Waals surface area contributed by atoms with Crippen LogP contribution in [0.25, 0.3) is 0 Å². The van der Waals surface area contributed by atoms with Crippen LogP contribution in [0.3, 0.4) is 0 Å². The fraction of sp³-hybridized carbons (Fsp3) is 0.450. The number of ether oxygens (including phenoxy) is 2. The topological polar surface area (TPSA) is 67.8 Å². The summed E-state index contributed by atoms with van der Waals surface area (Å²) in [7, 11) is 0. The van der Waals surface area contributed by atoms with Crippen molar-refractivity contribution in [2.45, 2.75) is 26.1 Å². The predicted octanol–water partition coefficient (Wildman–Crippen LogP) is 1.80. The first-order valence-corrected chi connectivity index (χ1v) is 9.48. The maximum atomic E-state index is 13.0. The lowest BCUT2D eigenvalue weighted by Crippen LogP contribution is -2.52. The zero-order valence-corrected chi connectivity index (χ0v) is 15.8. The molecule has 1 aromatic carbocycles. The molecule has 0 radical (unpaired) electrons. The molecule has 0 spiro atoms. The molecule has 1 unspecified atom stereocenters. The summed E-state index contributed by atoms with van der Waals surface area (Å²) in [6, 6.07) is 5.68. The van der Waals surface area contributed by atoms with Gasteiger partial charge in [-0.05, 0) is 31.2 Å². The van der Waals surface area contributed by atoms with Crippen molar-refractivity contribution in [3.05, 3.63) is 47.5 Å². The third-order valence-electron chi connectivity index (χ3n) is 5.03. The lowest BCUT2D eigenvalue weighted by Gasteiger charge is -2.36. The molecule has 148 valence electrons. The molecule has 2 aromatic rings. The van der Waals surface area contributed by atoms with Gasteiger partial charge in [0.25, 0.3) is 5.91 Å². The molecule has 1 atom stereocenters. The van der Waals surface area contributed by atoms with Crippen LogP contribution < -0.4 is 9.64 Å². The molecule has 7 nitrogen and oxygen atoms in total. The molecule has 4 rings (SSSR count). The van der Waals surface area contributed by atoms with Crippen molar-refractivity contribution in [1.29, 1.82) is 0 Å². The highest BCUT2D eigenvalue weighted by Gasteiger charge is 2.27. The Bertz CT molecular complexity index is 838. The maximum absolute atomic E-state index is 13.0. The van der Waals surface area contributed by atoms with Crippen LogP contribution in [0.5, 0.6) is 5.75 Å². The average molecular weight is 386 g/mol. The largest absolute Gasteiger partial charge is 0.481 e. The van der Waals surface area contributed by atoms with Gasteiger partial charge >= 0.3 is 0 Å². The van der Waals surface area contributed by atoms with E-state index in [4.69, 9.17) is 9.47 Å². The molecular formula is C20H23FN4O3. The van der Waals surface area contributed by atoms with E-state index in [1.807, 2.05) is 6.20 Å². The highest BCUT2D eigenvalue weighted by Crippen LogP contribution is 2.19. The minimum absolute atomic E-state index is 0.0764. The van der Waals surface area contributed by atoms with Crippen molar-refractivity contribution in [2.24, 2.45) is 0 Å². The van der Waals surface area contributed by atoms with Crippen molar-refractivity contribution in [2.75, 3.05) is 37.7 Å². The number of amides is 1. The van der Waals surface area contributed by atoms with E-state index < -0.39 is 6.10 Å². The normalized spacial score (nSPS) is 17.8. The molecule has 28 heavy (non-hydrogen) atoms. The molecule has 1 aromatic heterocycles. The number of carbonyl (C=O) groups excluding carboxylic acids is 1. The minimum atomic E-state index is -0.628. The Kier molecular flexibility index (Phi) is 5.38. The molecule has 2 aliphatic heterocycles. The Morgan fingerprint density at radius 3 is 2.71 bits per heavy atom. The lowest BCUT2D eigenvalue weighted by molar-refractivity contribution is -0.138. The van der Waals surface area contributed by atoms with Gasteiger partial charge in [0, 0.05) is 44.4 Å². The fourth-order valence-corrected chi connectivity index (χ4v) is 3.42. The molecule has 1 saturated heterocycles. The van der Waals surface area contributed by atoms with Gasteiger partial charge in [-0.1, -0.05) is 0 Å². The fourth-order valence-electron chi connectivity index (χ4n) is 3.42. The summed E-state index contributed by atoms with van der Waals surface area (Å²) in [5, 5.41) is 0. The Morgan fingerprint density at radius 1 is 1.21 bits per heavy atom. The van der Waals surface area contributed by atoms with Crippen molar-refractivity contribution in [3.8, 4) is 5.75 Å². The quantitative estimate of drug-likeness (QED) is 0.798. The first-order valence-electron chi connectivity index (χ1n) is 9.48. The lowest BCUT2D eigenvalue weighted by atomic mass is 10.1. The van der Waals surface area contributed by atoms with Crippen LogP contribution in [0, 0.1) is 5.82 Å². The molecule has 0 saturated carbocycles. The third-order valence-corrected chi connectivity index (χ3v) is 5.03. The van der Waals surface area contributed by atoms with Gasteiger partial charge in [-0.15, -0.1) is 0 Å². The van der Waals surface area contributed by atoms with Gasteiger partial charge in [0.2, 0.25) is 5.95 Å². The van der Waals surface area contributed by atoms with Gasteiger partial charge in [-0.2, -0.15) is 0 Å². The van der Waals surface area contributed by atoms with E-state index in [0.717, 1.165) is 17.7 Å². The van der Waals surface area contributed by atoms with Gasteiger partial charge < -0.3 is 19.3 Å². The van der Waals surface area contributed by atoms with Gasteiger partial charge in [0.1, 0.15) is 11.6 Å². The van der Waals surface area contributed by atoms with E-state index in [0.29, 0.717) is 51.1 Å². The second-order valence-electron chi connectivity index (χ2n) is 6.97. The van der Waals surface area contributed by atoms with Crippen LogP contribution >= 0.6 is 0 Å². The molecular weight excluding hydrogens is 363 g/mol. The van der Waals surface area contributed by atoms with E-state index in [9.17, 15) is 9.18 Å². The Labute approximate surface area is 163 Å². The number of hydrogen-bond acceptors (Lipinski definition) is 6. The van der Waals surface area contributed by atoms with Crippen LogP contribution in [0.4, 0.5) is 10.3 Å². The van der Waals surface area contributed by atoms with E-state index in [-0.39, 0.29) is 11.7 Å². The summed E-state index contributed by atoms with van der Waals surface area (Å²) in [6.45, 7) is 5.49. The number of nitrogens with zero attached hydrogens (tertiary/aromatic N) is 4. The molecule has 0 bridgehead atoms. The van der Waals surface area contributed by atoms with Crippen molar-refractivity contribution in [1.82, 2.24) is 14.9 Å². The predicted molar refractivity (Wildman–Crippen MR) is 101 cm³/mol. The maximum Gasteiger partial charge on any atom is 0.263 e. The first-order chi connectivity index (χ1) is 13.6. The highest BCUT2D eigenvalue weighted by molar-refractivity contribution is 5.81. The first kappa shape index (κ1) is 18.6. The van der Waals surface area contributed by atoms with Gasteiger partial charge in [0.15, 0.2) is 6.10 Å². The highest BCUT2D eigenvalue weighted by atomic mass is 19.1. The van der Waals surface area contributed by atoms with E-state index >= 15 is 0 Å². The van der Waals surface area contributed by atoms with Crippen LogP contribution in [0.2, 0.25) is 0 Å². The van der Waals surface area contributed by atoms with E-state index in [1.165, 1.54) is 24.3 Å². The number of benzene rings is 1. The Hall–Kier alpha value is -2.74. The SMILES string of the molecule is CC(Oc1ccc(F)cc1)C(=O)N1CCN(c2ncc3c(n2)CCOC3)CC1. The zero-order chi connectivity index (χ0) is 19.5. The van der Waals surface area contributed by atoms with Crippen LogP contribution in [-0.2, 0) is 22.6 Å². The van der Waals surface area contributed by atoms with Crippen LogP contribution in [0.15, 0.2) is 30.5 Å². The molecule has 0 aliphatic carbocycles. The average Bonchev–Trinajstić information content (AvgIpc) is 2.74. The monoisotopic (exact) mass is 386 g/mol. The molecule has 1 amide bonds. The molecule has 8 heteroatoms. The standard InChI is InChI=1S/C20H23FN4O3/c1-14(28-17-4-2-16(21)3-5-17)19(26)24-7-9-25(10-8-24)20-22-12-15-13-27-11-6-18(15)23-20/h2-5,12,14H,6-11,13H2,1H3. The summed E-state index contributed by atoms with van der Waals surface area (Å²) in [5.41, 5.74) is 2.10. The number of aromatic nitrogens is 2. The zero-order valence-electron chi connectivity index (χ0n) is 15.8. The van der Waals surface area contributed by atoms with Gasteiger partial charge in [-0.3, -0.25) is 4.79 Å². The number of halogens is 1. The summed E-state index contributed by atoms with van der Waals surface area (Å²) >= 11 is 0. The number of anilines is 1. The van der Waals surface area contributed by atoms with Gasteiger partial charge in [0.05, 0.1) is 18.9 Å². The smallest absolute Gasteiger partial charge is 0.263 e. The van der Waals surface area contributed by atoms with Crippen LogP contribution in [-0.4, -0.2) is 59.7 Å². The van der Waals surface area contributed by atoms with Crippen molar-refractivity contribution in [3.63, 3.8) is 0 Å².